The van der Waals surface area contributed by atoms with Crippen LogP contribution in [0.3, 0.4) is 0 Å². The smallest absolute Gasteiger partial charge is 0.410 e. The summed E-state index contributed by atoms with van der Waals surface area (Å²) in [4.78, 5) is 10.8. The normalized spacial score (nSPS) is 16.2. The first kappa shape index (κ1) is 12.7. The van der Waals surface area contributed by atoms with Gasteiger partial charge in [-0.1, -0.05) is 12.2 Å². The second-order valence-electron chi connectivity index (χ2n) is 5.61. The predicted molar refractivity (Wildman–Crippen MR) is 70.0 cm³/mol. The Kier molecular flexibility index (Phi) is 3.15. The van der Waals surface area contributed by atoms with Crippen LogP contribution in [0.25, 0.3) is 0 Å². The Labute approximate surface area is 106 Å². The van der Waals surface area contributed by atoms with Crippen LogP contribution in [0.1, 0.15) is 45.2 Å². The number of anilines is 1. The Hall–Kier alpha value is -1.78. The number of hydrogen-bond donors (Lipinski definition) is 2. The molecule has 0 saturated carbocycles. The zero-order valence-electron chi connectivity index (χ0n) is 11.0. The van der Waals surface area contributed by atoms with Gasteiger partial charge >= 0.3 is 6.09 Å². The van der Waals surface area contributed by atoms with E-state index in [9.17, 15) is 4.79 Å². The molecule has 1 amide bonds. The van der Waals surface area contributed by atoms with Crippen molar-refractivity contribution in [2.45, 2.75) is 45.1 Å². The van der Waals surface area contributed by atoms with Crippen molar-refractivity contribution in [1.82, 2.24) is 9.78 Å². The van der Waals surface area contributed by atoms with Crippen LogP contribution in [0.2, 0.25) is 0 Å². The highest BCUT2D eigenvalue weighted by Gasteiger charge is 2.24. The van der Waals surface area contributed by atoms with Crippen LogP contribution in [0.15, 0.2) is 18.2 Å². The van der Waals surface area contributed by atoms with Crippen LogP contribution in [-0.2, 0) is 5.54 Å². The monoisotopic (exact) mass is 249 g/mol. The van der Waals surface area contributed by atoms with Gasteiger partial charge < -0.3 is 5.11 Å². The minimum Gasteiger partial charge on any atom is -0.465 e. The van der Waals surface area contributed by atoms with E-state index >= 15 is 0 Å². The Morgan fingerprint density at radius 3 is 2.56 bits per heavy atom. The van der Waals surface area contributed by atoms with Gasteiger partial charge in [-0.2, -0.15) is 5.10 Å². The number of carbonyl (C=O) groups is 1. The molecular formula is C13H19N3O2. The Morgan fingerprint density at radius 2 is 2.06 bits per heavy atom. The van der Waals surface area contributed by atoms with E-state index in [1.807, 2.05) is 26.8 Å². The van der Waals surface area contributed by atoms with Gasteiger partial charge in [0.05, 0.1) is 11.2 Å². The van der Waals surface area contributed by atoms with E-state index < -0.39 is 6.09 Å². The third-order valence-corrected chi connectivity index (χ3v) is 3.02. The number of aromatic nitrogens is 2. The van der Waals surface area contributed by atoms with Gasteiger partial charge in [-0.05, 0) is 33.6 Å². The molecule has 0 saturated heterocycles. The second kappa shape index (κ2) is 4.48. The summed E-state index contributed by atoms with van der Waals surface area (Å²) in [5, 5.41) is 15.9. The fourth-order valence-corrected chi connectivity index (χ4v) is 2.17. The van der Waals surface area contributed by atoms with Crippen molar-refractivity contribution in [3.63, 3.8) is 0 Å². The van der Waals surface area contributed by atoms with Crippen LogP contribution in [0.5, 0.6) is 0 Å². The molecule has 1 aliphatic carbocycles. The molecular weight excluding hydrogens is 230 g/mol. The molecule has 18 heavy (non-hydrogen) atoms. The molecule has 0 aromatic carbocycles. The third-order valence-electron chi connectivity index (χ3n) is 3.02. The van der Waals surface area contributed by atoms with Crippen LogP contribution in [0, 0.1) is 0 Å². The maximum atomic E-state index is 10.8. The number of allylic oxidation sites excluding steroid dienone is 2. The van der Waals surface area contributed by atoms with Crippen molar-refractivity contribution in [2.75, 3.05) is 5.32 Å². The molecule has 2 rings (SSSR count). The molecule has 0 radical (unpaired) electrons. The van der Waals surface area contributed by atoms with Gasteiger partial charge in [-0.15, -0.1) is 0 Å². The summed E-state index contributed by atoms with van der Waals surface area (Å²) in [7, 11) is 0. The Balaban J connectivity index is 2.34. The number of nitrogens with one attached hydrogen (secondary N) is 1. The van der Waals surface area contributed by atoms with Gasteiger partial charge in [0.25, 0.3) is 0 Å². The van der Waals surface area contributed by atoms with E-state index in [0.29, 0.717) is 11.7 Å². The first-order valence-electron chi connectivity index (χ1n) is 6.13. The highest BCUT2D eigenvalue weighted by atomic mass is 16.4. The summed E-state index contributed by atoms with van der Waals surface area (Å²) in [5.41, 5.74) is 0.709. The van der Waals surface area contributed by atoms with Crippen LogP contribution in [-0.4, -0.2) is 21.0 Å². The summed E-state index contributed by atoms with van der Waals surface area (Å²) >= 11 is 0. The molecule has 1 aromatic rings. The lowest BCUT2D eigenvalue weighted by atomic mass is 10.0. The van der Waals surface area contributed by atoms with Crippen LogP contribution in [0.4, 0.5) is 10.6 Å². The lowest BCUT2D eigenvalue weighted by Gasteiger charge is -2.22. The molecule has 0 fully saturated rings. The standard InChI is InChI=1S/C13H19N3O2/c1-13(2,3)16-11(14-12(17)18)8-10(15-16)9-6-4-5-7-9/h4-5,8-9,14H,6-7H2,1-3H3,(H,17,18). The van der Waals surface area contributed by atoms with Crippen LogP contribution < -0.4 is 5.32 Å². The van der Waals surface area contributed by atoms with Crippen molar-refractivity contribution in [2.24, 2.45) is 0 Å². The van der Waals surface area contributed by atoms with Crippen molar-refractivity contribution < 1.29 is 9.90 Å². The average Bonchev–Trinajstić information content (AvgIpc) is 2.81. The highest BCUT2D eigenvalue weighted by Crippen LogP contribution is 2.31. The molecule has 1 heterocycles. The molecule has 0 bridgehead atoms. The van der Waals surface area contributed by atoms with Crippen LogP contribution >= 0.6 is 0 Å². The molecule has 5 heteroatoms. The molecule has 0 aliphatic heterocycles. The molecule has 2 N–H and O–H groups in total. The van der Waals surface area contributed by atoms with Crippen molar-refractivity contribution in [3.05, 3.63) is 23.9 Å². The van der Waals surface area contributed by atoms with E-state index in [2.05, 4.69) is 22.6 Å². The molecule has 1 aromatic heterocycles. The quantitative estimate of drug-likeness (QED) is 0.791. The summed E-state index contributed by atoms with van der Waals surface area (Å²) in [6.45, 7) is 6.01. The molecule has 0 atom stereocenters. The summed E-state index contributed by atoms with van der Waals surface area (Å²) in [6.07, 6.45) is 5.19. The minimum atomic E-state index is -1.06. The first-order chi connectivity index (χ1) is 8.38. The van der Waals surface area contributed by atoms with Gasteiger partial charge in [-0.25, -0.2) is 9.48 Å². The van der Waals surface area contributed by atoms with Crippen molar-refractivity contribution in [1.29, 1.82) is 0 Å². The maximum Gasteiger partial charge on any atom is 0.410 e. The minimum absolute atomic E-state index is 0.248. The maximum absolute atomic E-state index is 10.8. The predicted octanol–water partition coefficient (Wildman–Crippen LogP) is 3.16. The SMILES string of the molecule is CC(C)(C)n1nc(C2CC=CC2)cc1NC(=O)O. The topological polar surface area (TPSA) is 67.2 Å². The van der Waals surface area contributed by atoms with Gasteiger partial charge in [0.1, 0.15) is 5.82 Å². The summed E-state index contributed by atoms with van der Waals surface area (Å²) < 4.78 is 1.74. The number of carboxylic acid groups (broad SMARTS) is 1. The highest BCUT2D eigenvalue weighted by molar-refractivity contribution is 5.81. The van der Waals surface area contributed by atoms with Gasteiger partial charge in [0, 0.05) is 12.0 Å². The molecule has 98 valence electrons. The third kappa shape index (κ3) is 2.55. The van der Waals surface area contributed by atoms with Gasteiger partial charge in [0.2, 0.25) is 0 Å². The van der Waals surface area contributed by atoms with Crippen molar-refractivity contribution >= 4 is 11.9 Å². The summed E-state index contributed by atoms with van der Waals surface area (Å²) in [6, 6.07) is 1.84. The van der Waals surface area contributed by atoms with E-state index in [4.69, 9.17) is 5.11 Å². The second-order valence-corrected chi connectivity index (χ2v) is 5.61. The molecule has 1 aliphatic rings. The van der Waals surface area contributed by atoms with Crippen molar-refractivity contribution in [3.8, 4) is 0 Å². The first-order valence-corrected chi connectivity index (χ1v) is 6.13. The number of nitrogens with zero attached hydrogens (tertiary/aromatic N) is 2. The Morgan fingerprint density at radius 1 is 1.44 bits per heavy atom. The molecule has 0 spiro atoms. The van der Waals surface area contributed by atoms with E-state index in [-0.39, 0.29) is 5.54 Å². The lowest BCUT2D eigenvalue weighted by molar-refractivity contribution is 0.209. The number of amides is 1. The fourth-order valence-electron chi connectivity index (χ4n) is 2.17. The average molecular weight is 249 g/mol. The zero-order chi connectivity index (χ0) is 13.3. The number of hydrogen-bond acceptors (Lipinski definition) is 2. The van der Waals surface area contributed by atoms with Gasteiger partial charge in [0.15, 0.2) is 0 Å². The largest absolute Gasteiger partial charge is 0.465 e. The molecule has 5 nitrogen and oxygen atoms in total. The number of rotatable bonds is 2. The zero-order valence-corrected chi connectivity index (χ0v) is 11.0. The lowest BCUT2D eigenvalue weighted by Crippen LogP contribution is -2.26. The van der Waals surface area contributed by atoms with Gasteiger partial charge in [-0.3, -0.25) is 5.32 Å². The Bertz CT molecular complexity index is 475. The molecule has 0 unspecified atom stereocenters. The van der Waals surface area contributed by atoms with E-state index in [0.717, 1.165) is 18.5 Å². The summed E-state index contributed by atoms with van der Waals surface area (Å²) in [5.74, 6) is 0.917. The van der Waals surface area contributed by atoms with E-state index in [1.54, 1.807) is 4.68 Å². The van der Waals surface area contributed by atoms with E-state index in [1.165, 1.54) is 0 Å². The fraction of sp³-hybridized carbons (Fsp3) is 0.538.